The van der Waals surface area contributed by atoms with E-state index in [1.165, 1.54) is 17.0 Å². The zero-order valence-corrected chi connectivity index (χ0v) is 25.7. The van der Waals surface area contributed by atoms with Gasteiger partial charge in [-0.1, -0.05) is 86.1 Å². The summed E-state index contributed by atoms with van der Waals surface area (Å²) < 4.78 is 5.51. The Bertz CT molecular complexity index is 1580. The van der Waals surface area contributed by atoms with Crippen LogP contribution in [0.4, 0.5) is 10.5 Å². The van der Waals surface area contributed by atoms with Crippen molar-refractivity contribution in [1.82, 2.24) is 10.2 Å². The van der Waals surface area contributed by atoms with Gasteiger partial charge >= 0.3 is 6.09 Å². The molecule has 0 saturated carbocycles. The van der Waals surface area contributed by atoms with E-state index >= 15 is 0 Å². The number of amides is 3. The van der Waals surface area contributed by atoms with Crippen LogP contribution in [-0.2, 0) is 20.7 Å². The topological polar surface area (TPSA) is 108 Å². The Balaban J connectivity index is 1.73. The molecule has 0 aliphatic rings. The first-order valence-electron chi connectivity index (χ1n) is 15.0. The summed E-state index contributed by atoms with van der Waals surface area (Å²) in [5.74, 6) is -0.900. The summed E-state index contributed by atoms with van der Waals surface area (Å²) in [6, 6.07) is 27.1. The fraction of sp³-hybridized carbons (Fsp3) is 0.306. The minimum absolute atomic E-state index is 0.0263. The number of fused-ring (bicyclic) bond motifs is 1. The van der Waals surface area contributed by atoms with Gasteiger partial charge in [-0.2, -0.15) is 0 Å². The molecule has 2 atom stereocenters. The van der Waals surface area contributed by atoms with Crippen LogP contribution in [0.1, 0.15) is 57.7 Å². The van der Waals surface area contributed by atoms with Gasteiger partial charge in [0.1, 0.15) is 23.4 Å². The van der Waals surface area contributed by atoms with Gasteiger partial charge in [0.2, 0.25) is 5.91 Å². The first kappa shape index (κ1) is 32.1. The third-order valence-corrected chi connectivity index (χ3v) is 7.07. The molecule has 4 aromatic carbocycles. The molecule has 4 rings (SSSR count). The van der Waals surface area contributed by atoms with Crippen molar-refractivity contribution in [3.63, 3.8) is 0 Å². The Labute approximate surface area is 259 Å². The Morgan fingerprint density at radius 3 is 2.25 bits per heavy atom. The summed E-state index contributed by atoms with van der Waals surface area (Å²) in [4.78, 5) is 43.1. The van der Waals surface area contributed by atoms with Crippen LogP contribution < -0.4 is 10.6 Å². The SMILES string of the molecule is CCCCN(C(=O)C(Cc1ccccc1)NC(=O)OC(C)(C)C)C(C(=O)Nc1ccc2ccccc2c1)c1cccc(O)c1. The first-order chi connectivity index (χ1) is 21.0. The number of carbonyl (C=O) groups is 3. The Hall–Kier alpha value is -4.85. The molecule has 2 unspecified atom stereocenters. The number of carbonyl (C=O) groups excluding carboxylic acids is 3. The number of benzene rings is 4. The summed E-state index contributed by atoms with van der Waals surface area (Å²) in [7, 11) is 0. The fourth-order valence-corrected chi connectivity index (χ4v) is 5.04. The molecule has 44 heavy (non-hydrogen) atoms. The highest BCUT2D eigenvalue weighted by molar-refractivity contribution is 6.00. The molecule has 0 radical (unpaired) electrons. The summed E-state index contributed by atoms with van der Waals surface area (Å²) in [5, 5.41) is 18.1. The van der Waals surface area contributed by atoms with Gasteiger partial charge < -0.3 is 25.4 Å². The third-order valence-electron chi connectivity index (χ3n) is 7.07. The molecule has 0 heterocycles. The summed E-state index contributed by atoms with van der Waals surface area (Å²) in [6.45, 7) is 7.51. The number of ether oxygens (including phenoxy) is 1. The molecule has 0 saturated heterocycles. The number of nitrogens with zero attached hydrogens (tertiary/aromatic N) is 1. The molecular formula is C36H41N3O5. The minimum atomic E-state index is -1.09. The van der Waals surface area contributed by atoms with Crippen molar-refractivity contribution in [3.05, 3.63) is 108 Å². The van der Waals surface area contributed by atoms with E-state index in [0.29, 0.717) is 17.7 Å². The zero-order valence-electron chi connectivity index (χ0n) is 25.7. The molecule has 0 aromatic heterocycles. The lowest BCUT2D eigenvalue weighted by molar-refractivity contribution is -0.140. The molecule has 3 amide bonds. The largest absolute Gasteiger partial charge is 0.508 e. The average molecular weight is 596 g/mol. The standard InChI is InChI=1S/C36H41N3O5/c1-5-6-21-39(34(42)31(22-25-13-8-7-9-14-25)38-35(43)44-36(2,3)4)32(28-17-12-18-30(40)24-28)33(41)37-29-20-19-26-15-10-11-16-27(26)23-29/h7-20,23-24,31-32,40H,5-6,21-22H2,1-4H3,(H,37,41)(H,38,43). The normalized spacial score (nSPS) is 12.6. The predicted molar refractivity (Wildman–Crippen MR) is 173 cm³/mol. The minimum Gasteiger partial charge on any atom is -0.508 e. The van der Waals surface area contributed by atoms with Gasteiger partial charge in [0.15, 0.2) is 0 Å². The van der Waals surface area contributed by atoms with Crippen molar-refractivity contribution >= 4 is 34.4 Å². The maximum Gasteiger partial charge on any atom is 0.408 e. The second-order valence-corrected chi connectivity index (χ2v) is 11.8. The van der Waals surface area contributed by atoms with Gasteiger partial charge in [-0.25, -0.2) is 4.79 Å². The van der Waals surface area contributed by atoms with Crippen molar-refractivity contribution in [3.8, 4) is 5.75 Å². The number of phenolic OH excluding ortho intramolecular Hbond substituents is 1. The van der Waals surface area contributed by atoms with Gasteiger partial charge in [0.05, 0.1) is 0 Å². The van der Waals surface area contributed by atoms with Gasteiger partial charge in [0, 0.05) is 18.7 Å². The van der Waals surface area contributed by atoms with E-state index in [2.05, 4.69) is 10.6 Å². The van der Waals surface area contributed by atoms with E-state index in [4.69, 9.17) is 4.74 Å². The van der Waals surface area contributed by atoms with Crippen molar-refractivity contribution < 1.29 is 24.2 Å². The van der Waals surface area contributed by atoms with Crippen LogP contribution in [0, 0.1) is 0 Å². The molecule has 0 bridgehead atoms. The lowest BCUT2D eigenvalue weighted by Gasteiger charge is -2.34. The molecule has 8 nitrogen and oxygen atoms in total. The number of rotatable bonds is 11. The molecular weight excluding hydrogens is 554 g/mol. The van der Waals surface area contributed by atoms with Crippen LogP contribution in [0.2, 0.25) is 0 Å². The van der Waals surface area contributed by atoms with E-state index in [1.807, 2.05) is 79.7 Å². The predicted octanol–water partition coefficient (Wildman–Crippen LogP) is 6.99. The first-order valence-corrected chi connectivity index (χ1v) is 15.0. The van der Waals surface area contributed by atoms with Crippen LogP contribution >= 0.6 is 0 Å². The number of hydrogen-bond donors (Lipinski definition) is 3. The molecule has 0 fully saturated rings. The lowest BCUT2D eigenvalue weighted by Crippen LogP contribution is -2.53. The molecule has 8 heteroatoms. The van der Waals surface area contributed by atoms with Crippen molar-refractivity contribution in [2.45, 2.75) is 64.6 Å². The number of hydrogen-bond acceptors (Lipinski definition) is 5. The summed E-state index contributed by atoms with van der Waals surface area (Å²) >= 11 is 0. The quantitative estimate of drug-likeness (QED) is 0.173. The second kappa shape index (κ2) is 14.6. The smallest absolute Gasteiger partial charge is 0.408 e. The number of aromatic hydroxyl groups is 1. The Kier molecular flexibility index (Phi) is 10.6. The third kappa shape index (κ3) is 8.83. The molecule has 4 aromatic rings. The number of unbranched alkanes of at least 4 members (excludes halogenated alkanes) is 1. The maximum absolute atomic E-state index is 14.5. The number of alkyl carbamates (subject to hydrolysis) is 1. The highest BCUT2D eigenvalue weighted by atomic mass is 16.6. The van der Waals surface area contributed by atoms with Crippen molar-refractivity contribution in [1.29, 1.82) is 0 Å². The highest BCUT2D eigenvalue weighted by Gasteiger charge is 2.36. The Morgan fingerprint density at radius 2 is 1.57 bits per heavy atom. The highest BCUT2D eigenvalue weighted by Crippen LogP contribution is 2.28. The lowest BCUT2D eigenvalue weighted by atomic mass is 9.99. The number of anilines is 1. The summed E-state index contributed by atoms with van der Waals surface area (Å²) in [6.07, 6.45) is 0.859. The van der Waals surface area contributed by atoms with Gasteiger partial charge in [-0.05, 0) is 73.4 Å². The summed E-state index contributed by atoms with van der Waals surface area (Å²) in [5.41, 5.74) is 1.10. The van der Waals surface area contributed by atoms with E-state index in [-0.39, 0.29) is 18.7 Å². The van der Waals surface area contributed by atoms with E-state index < -0.39 is 35.6 Å². The van der Waals surface area contributed by atoms with Crippen LogP contribution in [-0.4, -0.2) is 46.1 Å². The van der Waals surface area contributed by atoms with Crippen LogP contribution in [0.5, 0.6) is 5.75 Å². The van der Waals surface area contributed by atoms with Gasteiger partial charge in [0.25, 0.3) is 5.91 Å². The van der Waals surface area contributed by atoms with Crippen molar-refractivity contribution in [2.75, 3.05) is 11.9 Å². The molecule has 0 aliphatic carbocycles. The second-order valence-electron chi connectivity index (χ2n) is 11.8. The molecule has 0 spiro atoms. The van der Waals surface area contributed by atoms with E-state index in [1.54, 1.807) is 32.9 Å². The maximum atomic E-state index is 14.5. The van der Waals surface area contributed by atoms with Crippen LogP contribution in [0.15, 0.2) is 97.1 Å². The molecule has 230 valence electrons. The molecule has 0 aliphatic heterocycles. The monoisotopic (exact) mass is 595 g/mol. The fourth-order valence-electron chi connectivity index (χ4n) is 5.04. The van der Waals surface area contributed by atoms with Crippen LogP contribution in [0.3, 0.4) is 0 Å². The van der Waals surface area contributed by atoms with E-state index in [0.717, 1.165) is 22.8 Å². The van der Waals surface area contributed by atoms with Gasteiger partial charge in [-0.3, -0.25) is 9.59 Å². The average Bonchev–Trinajstić information content (AvgIpc) is 2.98. The number of phenols is 1. The van der Waals surface area contributed by atoms with E-state index in [9.17, 15) is 19.5 Å². The molecule has 3 N–H and O–H groups in total. The number of nitrogens with one attached hydrogen (secondary N) is 2. The van der Waals surface area contributed by atoms with Crippen molar-refractivity contribution in [2.24, 2.45) is 0 Å². The zero-order chi connectivity index (χ0) is 31.7. The Morgan fingerprint density at radius 1 is 0.864 bits per heavy atom. The van der Waals surface area contributed by atoms with Crippen LogP contribution in [0.25, 0.3) is 10.8 Å². The van der Waals surface area contributed by atoms with Gasteiger partial charge in [-0.15, -0.1) is 0 Å².